The average molecular weight is 381 g/mol. The maximum absolute atomic E-state index is 11.0. The highest BCUT2D eigenvalue weighted by molar-refractivity contribution is 6.18. The molecular formula is C19H29ClN4O2. The number of nitrogens with zero attached hydrogens (tertiary/aromatic N) is 3. The highest BCUT2D eigenvalue weighted by Crippen LogP contribution is 2.23. The summed E-state index contributed by atoms with van der Waals surface area (Å²) in [5.41, 5.74) is 4.97. The number of imidazole rings is 1. The third-order valence-corrected chi connectivity index (χ3v) is 4.77. The summed E-state index contributed by atoms with van der Waals surface area (Å²) in [4.78, 5) is 18.1. The Labute approximate surface area is 160 Å². The molecule has 1 heterocycles. The number of hydroxylamine groups is 1. The number of benzene rings is 1. The zero-order valence-electron chi connectivity index (χ0n) is 15.7. The van der Waals surface area contributed by atoms with Crippen LogP contribution in [0.15, 0.2) is 18.2 Å². The number of amides is 1. The van der Waals surface area contributed by atoms with Gasteiger partial charge in [0.15, 0.2) is 0 Å². The third kappa shape index (κ3) is 5.35. The number of rotatable bonds is 11. The molecule has 2 rings (SSSR count). The van der Waals surface area contributed by atoms with Gasteiger partial charge >= 0.3 is 0 Å². The molecular weight excluding hydrogens is 352 g/mol. The Morgan fingerprint density at radius 1 is 1.31 bits per heavy atom. The van der Waals surface area contributed by atoms with Gasteiger partial charge in [0.05, 0.1) is 11.0 Å². The van der Waals surface area contributed by atoms with E-state index in [2.05, 4.69) is 34.6 Å². The Morgan fingerprint density at radius 2 is 2.12 bits per heavy atom. The van der Waals surface area contributed by atoms with Crippen molar-refractivity contribution in [3.05, 3.63) is 24.0 Å². The molecule has 0 aliphatic rings. The van der Waals surface area contributed by atoms with E-state index in [1.54, 1.807) is 5.48 Å². The molecule has 6 nitrogen and oxygen atoms in total. The van der Waals surface area contributed by atoms with Crippen molar-refractivity contribution >= 4 is 34.2 Å². The van der Waals surface area contributed by atoms with Crippen LogP contribution >= 0.6 is 11.6 Å². The SMILES string of the molecule is CCCN(CCCl)c1ccc2c(c1)nc(CCCCCC(=O)NO)n2C. The fourth-order valence-electron chi connectivity index (χ4n) is 3.20. The fraction of sp³-hybridized carbons (Fsp3) is 0.579. The van der Waals surface area contributed by atoms with E-state index in [4.69, 9.17) is 21.8 Å². The average Bonchev–Trinajstić information content (AvgIpc) is 2.96. The van der Waals surface area contributed by atoms with Crippen LogP contribution < -0.4 is 10.4 Å². The second-order valence-corrected chi connectivity index (χ2v) is 6.91. The molecule has 0 fully saturated rings. The van der Waals surface area contributed by atoms with Gasteiger partial charge < -0.3 is 9.47 Å². The van der Waals surface area contributed by atoms with Crippen LogP contribution in [0.25, 0.3) is 11.0 Å². The molecule has 0 unspecified atom stereocenters. The van der Waals surface area contributed by atoms with Crippen LogP contribution in [0.1, 0.15) is 44.9 Å². The van der Waals surface area contributed by atoms with E-state index in [1.807, 2.05) is 7.05 Å². The van der Waals surface area contributed by atoms with Crippen molar-refractivity contribution in [3.8, 4) is 0 Å². The molecule has 1 amide bonds. The quantitative estimate of drug-likeness (QED) is 0.270. The number of aryl methyl sites for hydroxylation is 2. The van der Waals surface area contributed by atoms with E-state index < -0.39 is 0 Å². The minimum absolute atomic E-state index is 0.325. The second kappa shape index (κ2) is 10.4. The smallest absolute Gasteiger partial charge is 0.243 e. The summed E-state index contributed by atoms with van der Waals surface area (Å²) >= 11 is 5.94. The second-order valence-electron chi connectivity index (χ2n) is 6.53. The van der Waals surface area contributed by atoms with Crippen molar-refractivity contribution in [1.82, 2.24) is 15.0 Å². The van der Waals surface area contributed by atoms with E-state index >= 15 is 0 Å². The molecule has 0 aliphatic carbocycles. The Bertz CT molecular complexity index is 711. The molecule has 144 valence electrons. The highest BCUT2D eigenvalue weighted by Gasteiger charge is 2.11. The van der Waals surface area contributed by atoms with Gasteiger partial charge in [-0.05, 0) is 37.5 Å². The number of alkyl halides is 1. The van der Waals surface area contributed by atoms with Crippen molar-refractivity contribution in [3.63, 3.8) is 0 Å². The number of halogens is 1. The van der Waals surface area contributed by atoms with Gasteiger partial charge in [-0.25, -0.2) is 10.5 Å². The van der Waals surface area contributed by atoms with Crippen LogP contribution in [-0.4, -0.2) is 39.6 Å². The lowest BCUT2D eigenvalue weighted by atomic mass is 10.1. The van der Waals surface area contributed by atoms with Crippen molar-refractivity contribution in [2.75, 3.05) is 23.9 Å². The van der Waals surface area contributed by atoms with Gasteiger partial charge in [0, 0.05) is 44.5 Å². The van der Waals surface area contributed by atoms with Gasteiger partial charge in [-0.1, -0.05) is 13.3 Å². The van der Waals surface area contributed by atoms with Gasteiger partial charge in [-0.2, -0.15) is 0 Å². The lowest BCUT2D eigenvalue weighted by Gasteiger charge is -2.23. The first kappa shape index (κ1) is 20.5. The first-order valence-electron chi connectivity index (χ1n) is 9.29. The van der Waals surface area contributed by atoms with E-state index in [1.165, 1.54) is 5.69 Å². The molecule has 0 saturated carbocycles. The standard InChI is InChI=1S/C19H29ClN4O2/c1-3-12-24(13-11-20)15-9-10-17-16(14-15)21-18(23(17)2)7-5-4-6-8-19(25)22-26/h9-10,14,26H,3-8,11-13H2,1-2H3,(H,22,25). The van der Waals surface area contributed by atoms with Gasteiger partial charge in [-0.3, -0.25) is 10.0 Å². The van der Waals surface area contributed by atoms with E-state index in [0.29, 0.717) is 12.3 Å². The molecule has 0 saturated heterocycles. The Kier molecular flexibility index (Phi) is 8.19. The van der Waals surface area contributed by atoms with Gasteiger partial charge in [-0.15, -0.1) is 11.6 Å². The minimum Gasteiger partial charge on any atom is -0.370 e. The third-order valence-electron chi connectivity index (χ3n) is 4.60. The highest BCUT2D eigenvalue weighted by atomic mass is 35.5. The number of hydrogen-bond donors (Lipinski definition) is 2. The monoisotopic (exact) mass is 380 g/mol. The van der Waals surface area contributed by atoms with Crippen molar-refractivity contribution < 1.29 is 10.0 Å². The normalized spacial score (nSPS) is 11.1. The molecule has 1 aromatic carbocycles. The van der Waals surface area contributed by atoms with Gasteiger partial charge in [0.2, 0.25) is 5.91 Å². The molecule has 2 aromatic rings. The lowest BCUT2D eigenvalue weighted by molar-refractivity contribution is -0.129. The molecule has 0 bridgehead atoms. The Hall–Kier alpha value is -1.79. The van der Waals surface area contributed by atoms with Gasteiger partial charge in [0.25, 0.3) is 0 Å². The summed E-state index contributed by atoms with van der Waals surface area (Å²) in [6.45, 7) is 3.99. The first-order valence-corrected chi connectivity index (χ1v) is 9.83. The number of fused-ring (bicyclic) bond motifs is 1. The molecule has 0 aliphatic heterocycles. The number of hydrogen-bond acceptors (Lipinski definition) is 4. The number of aromatic nitrogens is 2. The van der Waals surface area contributed by atoms with Crippen LogP contribution in [0.2, 0.25) is 0 Å². The fourth-order valence-corrected chi connectivity index (χ4v) is 3.41. The molecule has 0 radical (unpaired) electrons. The van der Waals surface area contributed by atoms with Crippen LogP contribution in [-0.2, 0) is 18.3 Å². The Morgan fingerprint density at radius 3 is 2.81 bits per heavy atom. The van der Waals surface area contributed by atoms with Crippen LogP contribution in [0.3, 0.4) is 0 Å². The largest absolute Gasteiger partial charge is 0.370 e. The predicted molar refractivity (Wildman–Crippen MR) is 106 cm³/mol. The first-order chi connectivity index (χ1) is 12.6. The van der Waals surface area contributed by atoms with Crippen molar-refractivity contribution in [2.24, 2.45) is 7.05 Å². The summed E-state index contributed by atoms with van der Waals surface area (Å²) in [6.07, 6.45) is 4.98. The van der Waals surface area contributed by atoms with Crippen molar-refractivity contribution in [2.45, 2.75) is 45.4 Å². The van der Waals surface area contributed by atoms with E-state index in [9.17, 15) is 4.79 Å². The maximum Gasteiger partial charge on any atom is 0.243 e. The number of carbonyl (C=O) groups excluding carboxylic acids is 1. The molecule has 2 N–H and O–H groups in total. The Balaban J connectivity index is 2.03. The maximum atomic E-state index is 11.0. The zero-order chi connectivity index (χ0) is 18.9. The summed E-state index contributed by atoms with van der Waals surface area (Å²) in [5, 5.41) is 8.49. The summed E-state index contributed by atoms with van der Waals surface area (Å²) < 4.78 is 2.14. The lowest BCUT2D eigenvalue weighted by Crippen LogP contribution is -2.26. The van der Waals surface area contributed by atoms with E-state index in [0.717, 1.165) is 62.1 Å². The molecule has 1 aromatic heterocycles. The predicted octanol–water partition coefficient (Wildman–Crippen LogP) is 3.64. The summed E-state index contributed by atoms with van der Waals surface area (Å²) in [7, 11) is 2.05. The zero-order valence-corrected chi connectivity index (χ0v) is 16.4. The van der Waals surface area contributed by atoms with Crippen molar-refractivity contribution in [1.29, 1.82) is 0 Å². The minimum atomic E-state index is -0.325. The van der Waals surface area contributed by atoms with Gasteiger partial charge in [0.1, 0.15) is 5.82 Å². The number of anilines is 1. The van der Waals surface area contributed by atoms with Crippen LogP contribution in [0, 0.1) is 0 Å². The molecule has 26 heavy (non-hydrogen) atoms. The molecule has 0 atom stereocenters. The van der Waals surface area contributed by atoms with Crippen LogP contribution in [0.4, 0.5) is 5.69 Å². The molecule has 0 spiro atoms. The topological polar surface area (TPSA) is 70.4 Å². The van der Waals surface area contributed by atoms with E-state index in [-0.39, 0.29) is 5.91 Å². The number of nitrogens with one attached hydrogen (secondary N) is 1. The van der Waals surface area contributed by atoms with Crippen LogP contribution in [0.5, 0.6) is 0 Å². The molecule has 7 heteroatoms. The summed E-state index contributed by atoms with van der Waals surface area (Å²) in [6, 6.07) is 6.42. The summed E-state index contributed by atoms with van der Waals surface area (Å²) in [5.74, 6) is 1.34. The number of carbonyl (C=O) groups is 1. The number of unbranched alkanes of at least 4 members (excludes halogenated alkanes) is 2.